The van der Waals surface area contributed by atoms with Gasteiger partial charge in [0.1, 0.15) is 5.82 Å². The van der Waals surface area contributed by atoms with Gasteiger partial charge in [0.25, 0.3) is 5.91 Å². The molecule has 1 aromatic heterocycles. The van der Waals surface area contributed by atoms with Crippen molar-refractivity contribution in [3.63, 3.8) is 0 Å². The predicted octanol–water partition coefficient (Wildman–Crippen LogP) is 3.68. The van der Waals surface area contributed by atoms with E-state index in [9.17, 15) is 22.4 Å². The molecule has 1 unspecified atom stereocenters. The largest absolute Gasteiger partial charge is 0.435 e. The van der Waals surface area contributed by atoms with Gasteiger partial charge in [0, 0.05) is 25.3 Å². The number of para-hydroxylation sites is 1. The molecular weight excluding hydrogens is 402 g/mol. The number of likely N-dealkylation sites (N-methyl/N-ethyl adjacent to an activating group) is 1. The lowest BCUT2D eigenvalue weighted by Gasteiger charge is -2.27. The molecule has 0 fully saturated rings. The number of hydrogen-bond donors (Lipinski definition) is 1. The smallest absolute Gasteiger partial charge is 0.370 e. The number of anilines is 1. The summed E-state index contributed by atoms with van der Waals surface area (Å²) in [5.74, 6) is -1.75. The number of nitrogens with zero attached hydrogens (tertiary/aromatic N) is 4. The standard InChI is InChI=1S/C20H19F4N5O/c1-13(28(2)15-8-4-3-5-9-15)12-25-19(30)17-18(20(22,23)24)29(27-26-17)16-10-6-7-14(21)11-16/h3-11,13H,12H2,1-2H3,(H,25,30). The Morgan fingerprint density at radius 1 is 1.17 bits per heavy atom. The molecule has 0 radical (unpaired) electrons. The summed E-state index contributed by atoms with van der Waals surface area (Å²) >= 11 is 0. The second-order valence-corrected chi connectivity index (χ2v) is 6.68. The normalized spacial score (nSPS) is 12.5. The Morgan fingerprint density at radius 3 is 2.50 bits per heavy atom. The Hall–Kier alpha value is -3.43. The van der Waals surface area contributed by atoms with E-state index in [1.165, 1.54) is 12.1 Å². The Balaban J connectivity index is 1.81. The summed E-state index contributed by atoms with van der Waals surface area (Å²) < 4.78 is 54.8. The van der Waals surface area contributed by atoms with Crippen LogP contribution in [-0.2, 0) is 6.18 Å². The maximum Gasteiger partial charge on any atom is 0.435 e. The number of rotatable bonds is 6. The van der Waals surface area contributed by atoms with Crippen LogP contribution in [0.2, 0.25) is 0 Å². The van der Waals surface area contributed by atoms with Gasteiger partial charge in [0.15, 0.2) is 11.4 Å². The van der Waals surface area contributed by atoms with Gasteiger partial charge in [-0.3, -0.25) is 4.79 Å². The van der Waals surface area contributed by atoms with Crippen LogP contribution in [0.5, 0.6) is 0 Å². The summed E-state index contributed by atoms with van der Waals surface area (Å²) in [6.45, 7) is 1.90. The lowest BCUT2D eigenvalue weighted by Crippen LogP contribution is -2.40. The van der Waals surface area contributed by atoms with E-state index < -0.39 is 29.3 Å². The van der Waals surface area contributed by atoms with Gasteiger partial charge in [-0.05, 0) is 37.3 Å². The molecule has 3 rings (SSSR count). The quantitative estimate of drug-likeness (QED) is 0.617. The second-order valence-electron chi connectivity index (χ2n) is 6.68. The molecule has 0 aliphatic rings. The van der Waals surface area contributed by atoms with E-state index in [0.29, 0.717) is 4.68 Å². The first-order valence-electron chi connectivity index (χ1n) is 9.03. The zero-order valence-electron chi connectivity index (χ0n) is 16.2. The predicted molar refractivity (Wildman–Crippen MR) is 103 cm³/mol. The number of alkyl halides is 3. The van der Waals surface area contributed by atoms with Crippen LogP contribution in [0.15, 0.2) is 54.6 Å². The Kier molecular flexibility index (Phi) is 6.04. The van der Waals surface area contributed by atoms with Crippen LogP contribution in [0.3, 0.4) is 0 Å². The molecular formula is C20H19F4N5O. The SMILES string of the molecule is CC(CNC(=O)c1nnn(-c2cccc(F)c2)c1C(F)(F)F)N(C)c1ccccc1. The van der Waals surface area contributed by atoms with E-state index in [1.807, 2.05) is 49.2 Å². The van der Waals surface area contributed by atoms with Gasteiger partial charge in [0.05, 0.1) is 5.69 Å². The maximum absolute atomic E-state index is 13.7. The van der Waals surface area contributed by atoms with Crippen molar-refractivity contribution < 1.29 is 22.4 Å². The van der Waals surface area contributed by atoms with Gasteiger partial charge in [-0.2, -0.15) is 13.2 Å². The first-order valence-corrected chi connectivity index (χ1v) is 9.03. The molecule has 10 heteroatoms. The van der Waals surface area contributed by atoms with Gasteiger partial charge in [-0.25, -0.2) is 9.07 Å². The van der Waals surface area contributed by atoms with Crippen LogP contribution in [0.1, 0.15) is 23.1 Å². The molecule has 0 aliphatic heterocycles. The molecule has 0 saturated heterocycles. The van der Waals surface area contributed by atoms with Crippen molar-refractivity contribution in [1.29, 1.82) is 0 Å². The highest BCUT2D eigenvalue weighted by molar-refractivity contribution is 5.93. The van der Waals surface area contributed by atoms with Gasteiger partial charge in [-0.1, -0.05) is 29.5 Å². The van der Waals surface area contributed by atoms with Gasteiger partial charge in [-0.15, -0.1) is 5.10 Å². The minimum atomic E-state index is -4.92. The van der Waals surface area contributed by atoms with Crippen molar-refractivity contribution in [2.45, 2.75) is 19.1 Å². The fraction of sp³-hybridized carbons (Fsp3) is 0.250. The van der Waals surface area contributed by atoms with Crippen LogP contribution in [0.4, 0.5) is 23.2 Å². The number of carbonyl (C=O) groups is 1. The number of aromatic nitrogens is 3. The zero-order chi connectivity index (χ0) is 21.9. The molecule has 1 atom stereocenters. The van der Waals surface area contributed by atoms with E-state index in [0.717, 1.165) is 17.8 Å². The number of hydrogen-bond acceptors (Lipinski definition) is 4. The second kappa shape index (κ2) is 8.52. The Morgan fingerprint density at radius 2 is 1.87 bits per heavy atom. The maximum atomic E-state index is 13.7. The van der Waals surface area contributed by atoms with Crippen LogP contribution in [-0.4, -0.2) is 40.5 Å². The molecule has 3 aromatic rings. The van der Waals surface area contributed by atoms with E-state index in [2.05, 4.69) is 15.6 Å². The van der Waals surface area contributed by atoms with Crippen molar-refractivity contribution in [3.8, 4) is 5.69 Å². The molecule has 0 bridgehead atoms. The molecule has 0 spiro atoms. The molecule has 0 aliphatic carbocycles. The summed E-state index contributed by atoms with van der Waals surface area (Å²) in [5.41, 5.74) is -1.53. The number of halogens is 4. The van der Waals surface area contributed by atoms with Crippen LogP contribution in [0, 0.1) is 5.82 Å². The molecule has 1 amide bonds. The average Bonchev–Trinajstić information content (AvgIpc) is 3.18. The molecule has 1 N–H and O–H groups in total. The Labute approximate surface area is 170 Å². The lowest BCUT2D eigenvalue weighted by molar-refractivity contribution is -0.143. The fourth-order valence-corrected chi connectivity index (χ4v) is 2.86. The van der Waals surface area contributed by atoms with Crippen LogP contribution < -0.4 is 10.2 Å². The summed E-state index contributed by atoms with van der Waals surface area (Å²) in [6.07, 6.45) is -4.92. The van der Waals surface area contributed by atoms with E-state index >= 15 is 0 Å². The minimum absolute atomic E-state index is 0.0777. The highest BCUT2D eigenvalue weighted by Gasteiger charge is 2.42. The highest BCUT2D eigenvalue weighted by Crippen LogP contribution is 2.32. The summed E-state index contributed by atoms with van der Waals surface area (Å²) in [4.78, 5) is 14.4. The number of benzene rings is 2. The number of carbonyl (C=O) groups excluding carboxylic acids is 1. The van der Waals surface area contributed by atoms with Crippen molar-refractivity contribution in [2.24, 2.45) is 0 Å². The van der Waals surface area contributed by atoms with Crippen molar-refractivity contribution in [2.75, 3.05) is 18.5 Å². The summed E-state index contributed by atoms with van der Waals surface area (Å²) in [6, 6.07) is 13.6. The molecule has 30 heavy (non-hydrogen) atoms. The first kappa shape index (κ1) is 21.3. The van der Waals surface area contributed by atoms with Crippen molar-refractivity contribution >= 4 is 11.6 Å². The van der Waals surface area contributed by atoms with E-state index in [1.54, 1.807) is 0 Å². The number of amides is 1. The molecule has 1 heterocycles. The Bertz CT molecular complexity index is 1020. The van der Waals surface area contributed by atoms with Gasteiger partial charge in [0.2, 0.25) is 0 Å². The van der Waals surface area contributed by atoms with Gasteiger partial charge < -0.3 is 10.2 Å². The first-order chi connectivity index (χ1) is 14.2. The van der Waals surface area contributed by atoms with E-state index in [-0.39, 0.29) is 18.3 Å². The zero-order valence-corrected chi connectivity index (χ0v) is 16.2. The van der Waals surface area contributed by atoms with Crippen molar-refractivity contribution in [3.05, 3.63) is 71.8 Å². The molecule has 6 nitrogen and oxygen atoms in total. The van der Waals surface area contributed by atoms with Crippen LogP contribution in [0.25, 0.3) is 5.69 Å². The molecule has 2 aromatic carbocycles. The summed E-state index contributed by atoms with van der Waals surface area (Å²) in [5, 5.41) is 9.32. The third kappa shape index (κ3) is 4.58. The van der Waals surface area contributed by atoms with E-state index in [4.69, 9.17) is 0 Å². The molecule has 158 valence electrons. The van der Waals surface area contributed by atoms with Crippen molar-refractivity contribution in [1.82, 2.24) is 20.3 Å². The molecule has 0 saturated carbocycles. The third-order valence-corrected chi connectivity index (χ3v) is 4.59. The van der Waals surface area contributed by atoms with Gasteiger partial charge >= 0.3 is 6.18 Å². The topological polar surface area (TPSA) is 63.1 Å². The lowest BCUT2D eigenvalue weighted by atomic mass is 10.2. The summed E-state index contributed by atoms with van der Waals surface area (Å²) in [7, 11) is 1.81. The number of nitrogens with one attached hydrogen (secondary N) is 1. The third-order valence-electron chi connectivity index (χ3n) is 4.59. The van der Waals surface area contributed by atoms with Crippen LogP contribution >= 0.6 is 0 Å². The minimum Gasteiger partial charge on any atom is -0.370 e. The monoisotopic (exact) mass is 421 g/mol. The fourth-order valence-electron chi connectivity index (χ4n) is 2.86. The highest BCUT2D eigenvalue weighted by atomic mass is 19.4. The average molecular weight is 421 g/mol.